The maximum atomic E-state index is 13.2. The summed E-state index contributed by atoms with van der Waals surface area (Å²) in [5.41, 5.74) is -0.0646. The summed E-state index contributed by atoms with van der Waals surface area (Å²) in [6, 6.07) is 9.31. The Labute approximate surface area is 174 Å². The molecule has 4 aliphatic carbocycles. The number of carbonyl (C=O) groups excluding carboxylic acids is 1. The van der Waals surface area contributed by atoms with Crippen LogP contribution in [0, 0.1) is 28.6 Å². The summed E-state index contributed by atoms with van der Waals surface area (Å²) < 4.78 is 5.67. The molecule has 4 fully saturated rings. The van der Waals surface area contributed by atoms with Gasteiger partial charge in [-0.1, -0.05) is 12.1 Å². The van der Waals surface area contributed by atoms with Gasteiger partial charge in [0.1, 0.15) is 11.6 Å². The summed E-state index contributed by atoms with van der Waals surface area (Å²) in [6.45, 7) is 1.56. The van der Waals surface area contributed by atoms with Gasteiger partial charge >= 0.3 is 5.97 Å². The molecule has 30 heavy (non-hydrogen) atoms. The van der Waals surface area contributed by atoms with Crippen LogP contribution in [0.15, 0.2) is 30.0 Å². The number of esters is 1. The molecular formula is C23H25N3O4. The Bertz CT molecular complexity index is 1050. The first-order valence-corrected chi connectivity index (χ1v) is 10.5. The number of carbonyl (C=O) groups is 1. The van der Waals surface area contributed by atoms with Gasteiger partial charge in [-0.2, -0.15) is 5.26 Å². The molecule has 7 nitrogen and oxygen atoms in total. The second kappa shape index (κ2) is 6.58. The average molecular weight is 407 g/mol. The largest absolute Gasteiger partial charge is 0.507 e. The first-order chi connectivity index (χ1) is 14.3. The lowest BCUT2D eigenvalue weighted by molar-refractivity contribution is -0.199. The maximum absolute atomic E-state index is 13.2. The number of rotatable bonds is 4. The van der Waals surface area contributed by atoms with Crippen molar-refractivity contribution in [2.24, 2.45) is 17.3 Å². The predicted molar refractivity (Wildman–Crippen MR) is 109 cm³/mol. The van der Waals surface area contributed by atoms with Gasteiger partial charge in [0.25, 0.3) is 0 Å². The van der Waals surface area contributed by atoms with Crippen molar-refractivity contribution in [3.8, 4) is 6.07 Å². The fourth-order valence-corrected chi connectivity index (χ4v) is 6.30. The summed E-state index contributed by atoms with van der Waals surface area (Å²) >= 11 is 0. The number of imidazole rings is 1. The first-order valence-electron chi connectivity index (χ1n) is 10.5. The lowest BCUT2D eigenvalue weighted by Gasteiger charge is -2.58. The van der Waals surface area contributed by atoms with Crippen molar-refractivity contribution < 1.29 is 19.7 Å². The number of nitrogens with zero attached hydrogens (tertiary/aromatic N) is 2. The van der Waals surface area contributed by atoms with E-state index in [1.54, 1.807) is 6.92 Å². The lowest BCUT2D eigenvalue weighted by Crippen LogP contribution is -2.58. The van der Waals surface area contributed by atoms with Crippen LogP contribution >= 0.6 is 0 Å². The minimum Gasteiger partial charge on any atom is -0.507 e. The van der Waals surface area contributed by atoms with Crippen molar-refractivity contribution in [2.75, 3.05) is 0 Å². The van der Waals surface area contributed by atoms with E-state index in [2.05, 4.69) is 9.97 Å². The molecule has 156 valence electrons. The molecule has 0 aliphatic heterocycles. The summed E-state index contributed by atoms with van der Waals surface area (Å²) in [4.78, 5) is 20.6. The number of nitrogens with one attached hydrogen (secondary N) is 1. The molecule has 3 N–H and O–H groups in total. The molecule has 1 aromatic heterocycles. The molecule has 6 rings (SSSR count). The minimum atomic E-state index is -0.983. The highest BCUT2D eigenvalue weighted by Crippen LogP contribution is 2.62. The van der Waals surface area contributed by atoms with Gasteiger partial charge in [0, 0.05) is 0 Å². The van der Waals surface area contributed by atoms with Crippen molar-refractivity contribution in [3.63, 3.8) is 0 Å². The third kappa shape index (κ3) is 2.98. The van der Waals surface area contributed by atoms with E-state index in [-0.39, 0.29) is 23.1 Å². The molecule has 2 unspecified atom stereocenters. The highest BCUT2D eigenvalue weighted by molar-refractivity contribution is 5.83. The van der Waals surface area contributed by atoms with E-state index in [1.165, 1.54) is 0 Å². The van der Waals surface area contributed by atoms with Gasteiger partial charge in [0.15, 0.2) is 17.7 Å². The highest BCUT2D eigenvalue weighted by Gasteiger charge is 2.61. The maximum Gasteiger partial charge on any atom is 0.312 e. The van der Waals surface area contributed by atoms with Crippen LogP contribution in [-0.2, 0) is 9.53 Å². The normalized spacial score (nSPS) is 33.8. The second-order valence-electron chi connectivity index (χ2n) is 9.49. The topological polar surface area (TPSA) is 119 Å². The summed E-state index contributed by atoms with van der Waals surface area (Å²) in [5.74, 6) is 0.245. The van der Waals surface area contributed by atoms with Crippen LogP contribution < -0.4 is 0 Å². The number of benzene rings is 1. The van der Waals surface area contributed by atoms with Gasteiger partial charge in [-0.25, -0.2) is 4.98 Å². The Kier molecular flexibility index (Phi) is 4.19. The fourth-order valence-electron chi connectivity index (χ4n) is 6.30. The molecular weight excluding hydrogens is 382 g/mol. The number of hydrogen-bond donors (Lipinski definition) is 3. The fraction of sp³-hybridized carbons (Fsp3) is 0.522. The molecule has 0 saturated heterocycles. The van der Waals surface area contributed by atoms with E-state index in [0.717, 1.165) is 37.6 Å². The SMILES string of the molecule is C[C@@H](OC(=O)C12C[C@@H]3C[C@@H](CC(O)(C3)C1)C2)/C(O)=C(\C#N)c1nc2ccccc2[nH]1. The Hall–Kier alpha value is -2.85. The molecule has 4 aliphatic rings. The number of hydrogen-bond acceptors (Lipinski definition) is 6. The Morgan fingerprint density at radius 3 is 2.63 bits per heavy atom. The Morgan fingerprint density at radius 2 is 2.00 bits per heavy atom. The number of aliphatic hydroxyl groups is 2. The van der Waals surface area contributed by atoms with Gasteiger partial charge in [-0.3, -0.25) is 4.79 Å². The van der Waals surface area contributed by atoms with Crippen LogP contribution in [-0.4, -0.2) is 37.9 Å². The molecule has 5 atom stereocenters. The monoisotopic (exact) mass is 407 g/mol. The Morgan fingerprint density at radius 1 is 1.30 bits per heavy atom. The molecule has 0 radical (unpaired) electrons. The number of aromatic nitrogens is 2. The quantitative estimate of drug-likeness (QED) is 0.405. The number of aliphatic hydroxyl groups excluding tert-OH is 1. The second-order valence-corrected chi connectivity index (χ2v) is 9.49. The molecule has 1 heterocycles. The van der Waals surface area contributed by atoms with E-state index >= 15 is 0 Å². The molecule has 1 aromatic carbocycles. The summed E-state index contributed by atoms with van der Waals surface area (Å²) in [7, 11) is 0. The third-order valence-corrected chi connectivity index (χ3v) is 7.13. The molecule has 0 spiro atoms. The average Bonchev–Trinajstić information content (AvgIpc) is 3.10. The van der Waals surface area contributed by atoms with Crippen LogP contribution in [0.5, 0.6) is 0 Å². The Balaban J connectivity index is 1.39. The number of aromatic amines is 1. The van der Waals surface area contributed by atoms with E-state index < -0.39 is 17.1 Å². The number of fused-ring (bicyclic) bond motifs is 1. The van der Waals surface area contributed by atoms with Crippen LogP contribution in [0.4, 0.5) is 0 Å². The van der Waals surface area contributed by atoms with Crippen molar-refractivity contribution in [1.82, 2.24) is 9.97 Å². The number of allylic oxidation sites excluding steroid dienone is 1. The molecule has 2 aromatic rings. The highest BCUT2D eigenvalue weighted by atomic mass is 16.6. The zero-order valence-electron chi connectivity index (χ0n) is 16.9. The molecule has 4 bridgehead atoms. The lowest BCUT2D eigenvalue weighted by atomic mass is 9.48. The van der Waals surface area contributed by atoms with Gasteiger partial charge < -0.3 is 19.9 Å². The van der Waals surface area contributed by atoms with Crippen molar-refractivity contribution in [2.45, 2.75) is 57.2 Å². The zero-order chi connectivity index (χ0) is 21.1. The van der Waals surface area contributed by atoms with E-state index in [0.29, 0.717) is 23.8 Å². The molecule has 4 saturated carbocycles. The van der Waals surface area contributed by atoms with Crippen molar-refractivity contribution in [1.29, 1.82) is 5.26 Å². The van der Waals surface area contributed by atoms with Gasteiger partial charge in [-0.15, -0.1) is 0 Å². The third-order valence-electron chi connectivity index (χ3n) is 7.13. The summed E-state index contributed by atoms with van der Waals surface area (Å²) in [5, 5.41) is 31.2. The number of ether oxygens (including phenoxy) is 1. The smallest absolute Gasteiger partial charge is 0.312 e. The van der Waals surface area contributed by atoms with E-state index in [9.17, 15) is 20.3 Å². The van der Waals surface area contributed by atoms with Crippen LogP contribution in [0.1, 0.15) is 51.3 Å². The number of nitriles is 1. The number of para-hydroxylation sites is 2. The standard InChI is InChI=1S/C23H25N3O4/c1-13(19(27)16(11-24)20-25-17-4-2-3-5-18(17)26-20)30-21(28)22-7-14-6-15(8-22)10-23(29,9-14)12-22/h2-5,13-15,27,29H,6-10,12H2,1H3,(H,25,26)/b19-16-/t13-,14-,15+,22?,23?/m1/s1. The van der Waals surface area contributed by atoms with E-state index in [1.807, 2.05) is 30.3 Å². The van der Waals surface area contributed by atoms with E-state index in [4.69, 9.17) is 4.74 Å². The van der Waals surface area contributed by atoms with Crippen molar-refractivity contribution >= 4 is 22.6 Å². The number of H-pyrrole nitrogens is 1. The molecule has 7 heteroatoms. The van der Waals surface area contributed by atoms with Gasteiger partial charge in [0.2, 0.25) is 0 Å². The van der Waals surface area contributed by atoms with Gasteiger partial charge in [0.05, 0.1) is 22.0 Å². The van der Waals surface area contributed by atoms with Crippen LogP contribution in [0.3, 0.4) is 0 Å². The van der Waals surface area contributed by atoms with Crippen LogP contribution in [0.25, 0.3) is 16.6 Å². The van der Waals surface area contributed by atoms with Crippen LogP contribution in [0.2, 0.25) is 0 Å². The molecule has 0 amide bonds. The zero-order valence-corrected chi connectivity index (χ0v) is 16.9. The van der Waals surface area contributed by atoms with Gasteiger partial charge in [-0.05, 0) is 69.4 Å². The predicted octanol–water partition coefficient (Wildman–Crippen LogP) is 3.62. The first kappa shape index (κ1) is 19.1. The minimum absolute atomic E-state index is 0.0457. The van der Waals surface area contributed by atoms with Crippen molar-refractivity contribution in [3.05, 3.63) is 35.8 Å². The summed E-state index contributed by atoms with van der Waals surface area (Å²) in [6.07, 6.45) is 3.52.